The van der Waals surface area contributed by atoms with Gasteiger partial charge >= 0.3 is 6.03 Å². The van der Waals surface area contributed by atoms with Crippen LogP contribution in [0.3, 0.4) is 0 Å². The highest BCUT2D eigenvalue weighted by atomic mass is 16.7. The molecule has 6 nitrogen and oxygen atoms in total. The van der Waals surface area contributed by atoms with Crippen LogP contribution >= 0.6 is 0 Å². The van der Waals surface area contributed by atoms with Gasteiger partial charge in [0.05, 0.1) is 6.04 Å². The number of anilines is 1. The van der Waals surface area contributed by atoms with Gasteiger partial charge in [-0.25, -0.2) is 4.79 Å². The molecule has 0 spiro atoms. The van der Waals surface area contributed by atoms with Crippen LogP contribution in [-0.2, 0) is 0 Å². The third-order valence-electron chi connectivity index (χ3n) is 3.18. The fourth-order valence-electron chi connectivity index (χ4n) is 2.06. The standard InChI is InChI=1S/C15H15N3O3/c1-10(11-2-3-13-14(8-11)21-9-20-13)17-15(19)18-12-4-6-16-7-5-12/h2-8,10H,9H2,1H3,(H2,16,17,18,19)/t10-/m0/s1. The number of carbonyl (C=O) groups excluding carboxylic acids is 1. The molecule has 1 aromatic carbocycles. The van der Waals surface area contributed by atoms with Crippen LogP contribution in [-0.4, -0.2) is 17.8 Å². The van der Waals surface area contributed by atoms with Crippen molar-refractivity contribution in [1.82, 2.24) is 10.3 Å². The summed E-state index contributed by atoms with van der Waals surface area (Å²) >= 11 is 0. The first kappa shape index (κ1) is 13.2. The molecule has 3 rings (SSSR count). The van der Waals surface area contributed by atoms with Gasteiger partial charge in [0.15, 0.2) is 11.5 Å². The smallest absolute Gasteiger partial charge is 0.319 e. The summed E-state index contributed by atoms with van der Waals surface area (Å²) in [4.78, 5) is 15.8. The van der Waals surface area contributed by atoms with Gasteiger partial charge in [0.2, 0.25) is 6.79 Å². The minimum Gasteiger partial charge on any atom is -0.454 e. The summed E-state index contributed by atoms with van der Waals surface area (Å²) in [6, 6.07) is 8.66. The summed E-state index contributed by atoms with van der Waals surface area (Å²) in [6.07, 6.45) is 3.24. The number of rotatable bonds is 3. The Morgan fingerprint density at radius 3 is 2.76 bits per heavy atom. The lowest BCUT2D eigenvalue weighted by Crippen LogP contribution is -2.31. The predicted octanol–water partition coefficient (Wildman–Crippen LogP) is 2.69. The van der Waals surface area contributed by atoms with Crippen molar-refractivity contribution in [3.63, 3.8) is 0 Å². The molecule has 1 aromatic heterocycles. The minimum absolute atomic E-state index is 0.152. The molecule has 108 valence electrons. The number of hydrogen-bond donors (Lipinski definition) is 2. The number of amides is 2. The normalized spacial score (nSPS) is 13.6. The second-order valence-corrected chi connectivity index (χ2v) is 4.67. The highest BCUT2D eigenvalue weighted by Gasteiger charge is 2.16. The number of ether oxygens (including phenoxy) is 2. The number of aromatic nitrogens is 1. The van der Waals surface area contributed by atoms with Gasteiger partial charge in [-0.3, -0.25) is 4.98 Å². The van der Waals surface area contributed by atoms with E-state index in [2.05, 4.69) is 15.6 Å². The van der Waals surface area contributed by atoms with Crippen molar-refractivity contribution in [3.05, 3.63) is 48.3 Å². The van der Waals surface area contributed by atoms with E-state index in [1.54, 1.807) is 24.5 Å². The van der Waals surface area contributed by atoms with E-state index in [1.165, 1.54) is 0 Å². The maximum atomic E-state index is 11.9. The molecular formula is C15H15N3O3. The summed E-state index contributed by atoms with van der Waals surface area (Å²) in [6.45, 7) is 2.15. The predicted molar refractivity (Wildman–Crippen MR) is 77.4 cm³/mol. The lowest BCUT2D eigenvalue weighted by atomic mass is 10.1. The highest BCUT2D eigenvalue weighted by Crippen LogP contribution is 2.34. The molecule has 0 aliphatic carbocycles. The van der Waals surface area contributed by atoms with Crippen LogP contribution in [0.25, 0.3) is 0 Å². The molecule has 0 bridgehead atoms. The number of urea groups is 1. The average Bonchev–Trinajstić information content (AvgIpc) is 2.95. The van der Waals surface area contributed by atoms with Gasteiger partial charge in [-0.15, -0.1) is 0 Å². The molecule has 6 heteroatoms. The molecule has 1 aliphatic rings. The number of hydrogen-bond acceptors (Lipinski definition) is 4. The molecular weight excluding hydrogens is 270 g/mol. The van der Waals surface area contributed by atoms with Crippen molar-refractivity contribution in [1.29, 1.82) is 0 Å². The van der Waals surface area contributed by atoms with Crippen molar-refractivity contribution >= 4 is 11.7 Å². The first-order valence-electron chi connectivity index (χ1n) is 6.59. The Morgan fingerprint density at radius 1 is 1.19 bits per heavy atom. The van der Waals surface area contributed by atoms with Crippen molar-refractivity contribution in [2.45, 2.75) is 13.0 Å². The van der Waals surface area contributed by atoms with Crippen LogP contribution in [0.5, 0.6) is 11.5 Å². The fraction of sp³-hybridized carbons (Fsp3) is 0.200. The van der Waals surface area contributed by atoms with Crippen LogP contribution in [0.15, 0.2) is 42.7 Å². The van der Waals surface area contributed by atoms with E-state index in [4.69, 9.17) is 9.47 Å². The molecule has 2 heterocycles. The minimum atomic E-state index is -0.272. The fourth-order valence-corrected chi connectivity index (χ4v) is 2.06. The van der Waals surface area contributed by atoms with Crippen molar-refractivity contribution in [3.8, 4) is 11.5 Å². The molecule has 0 radical (unpaired) electrons. The molecule has 1 aliphatic heterocycles. The van der Waals surface area contributed by atoms with Crippen molar-refractivity contribution < 1.29 is 14.3 Å². The van der Waals surface area contributed by atoms with Gasteiger partial charge in [0.25, 0.3) is 0 Å². The van der Waals surface area contributed by atoms with Crippen LogP contribution in [0, 0.1) is 0 Å². The highest BCUT2D eigenvalue weighted by molar-refractivity contribution is 5.89. The molecule has 21 heavy (non-hydrogen) atoms. The molecule has 2 aromatic rings. The first-order chi connectivity index (χ1) is 10.2. The SMILES string of the molecule is C[C@H](NC(=O)Nc1ccncc1)c1ccc2c(c1)OCO2. The Bertz CT molecular complexity index is 646. The van der Waals surface area contributed by atoms with Crippen LogP contribution in [0.1, 0.15) is 18.5 Å². The van der Waals surface area contributed by atoms with Gasteiger partial charge in [-0.1, -0.05) is 6.07 Å². The molecule has 0 fully saturated rings. The molecule has 0 saturated carbocycles. The zero-order chi connectivity index (χ0) is 14.7. The van der Waals surface area contributed by atoms with Crippen molar-refractivity contribution in [2.75, 3.05) is 12.1 Å². The van der Waals surface area contributed by atoms with Gasteiger partial charge < -0.3 is 20.1 Å². The summed E-state index contributed by atoms with van der Waals surface area (Å²) in [7, 11) is 0. The largest absolute Gasteiger partial charge is 0.454 e. The van der Waals surface area contributed by atoms with Crippen LogP contribution < -0.4 is 20.1 Å². The van der Waals surface area contributed by atoms with Crippen molar-refractivity contribution in [2.24, 2.45) is 0 Å². The summed E-state index contributed by atoms with van der Waals surface area (Å²) in [5.74, 6) is 1.43. The Kier molecular flexibility index (Phi) is 3.59. The summed E-state index contributed by atoms with van der Waals surface area (Å²) in [5, 5.41) is 5.62. The molecule has 0 unspecified atom stereocenters. The second kappa shape index (κ2) is 5.70. The lowest BCUT2D eigenvalue weighted by molar-refractivity contribution is 0.174. The van der Waals surface area contributed by atoms with Gasteiger partial charge in [0.1, 0.15) is 0 Å². The molecule has 1 atom stereocenters. The van der Waals surface area contributed by atoms with Gasteiger partial charge in [-0.2, -0.15) is 0 Å². The van der Waals surface area contributed by atoms with E-state index < -0.39 is 0 Å². The topological polar surface area (TPSA) is 72.5 Å². The van der Waals surface area contributed by atoms with Gasteiger partial charge in [-0.05, 0) is 36.8 Å². The number of pyridine rings is 1. The van der Waals surface area contributed by atoms with E-state index in [0.717, 1.165) is 11.3 Å². The number of benzene rings is 1. The zero-order valence-electron chi connectivity index (χ0n) is 11.5. The lowest BCUT2D eigenvalue weighted by Gasteiger charge is -2.15. The summed E-state index contributed by atoms with van der Waals surface area (Å²) in [5.41, 5.74) is 1.64. The third kappa shape index (κ3) is 3.05. The molecule has 0 saturated heterocycles. The van der Waals surface area contributed by atoms with E-state index in [0.29, 0.717) is 11.4 Å². The number of nitrogens with one attached hydrogen (secondary N) is 2. The number of nitrogens with zero attached hydrogens (tertiary/aromatic N) is 1. The quantitative estimate of drug-likeness (QED) is 0.909. The van der Waals surface area contributed by atoms with E-state index >= 15 is 0 Å². The third-order valence-corrected chi connectivity index (χ3v) is 3.18. The Morgan fingerprint density at radius 2 is 1.95 bits per heavy atom. The van der Waals surface area contributed by atoms with Crippen LogP contribution in [0.2, 0.25) is 0 Å². The maximum absolute atomic E-state index is 11.9. The van der Waals surface area contributed by atoms with Gasteiger partial charge in [0, 0.05) is 18.1 Å². The van der Waals surface area contributed by atoms with E-state index in [9.17, 15) is 4.79 Å². The Hall–Kier alpha value is -2.76. The Labute approximate surface area is 122 Å². The van der Waals surface area contributed by atoms with E-state index in [1.807, 2.05) is 25.1 Å². The zero-order valence-corrected chi connectivity index (χ0v) is 11.5. The maximum Gasteiger partial charge on any atom is 0.319 e. The first-order valence-corrected chi connectivity index (χ1v) is 6.59. The number of fused-ring (bicyclic) bond motifs is 1. The van der Waals surface area contributed by atoms with Crippen LogP contribution in [0.4, 0.5) is 10.5 Å². The second-order valence-electron chi connectivity index (χ2n) is 4.67. The average molecular weight is 285 g/mol. The molecule has 2 amide bonds. The number of carbonyl (C=O) groups is 1. The van der Waals surface area contributed by atoms with E-state index in [-0.39, 0.29) is 18.9 Å². The monoisotopic (exact) mass is 285 g/mol. The summed E-state index contributed by atoms with van der Waals surface area (Å²) < 4.78 is 10.6. The molecule has 2 N–H and O–H groups in total. The Balaban J connectivity index is 1.63.